The zero-order valence-electron chi connectivity index (χ0n) is 40.9. The van der Waals surface area contributed by atoms with Crippen LogP contribution in [0.1, 0.15) is 239 Å². The maximum atomic E-state index is 12.8. The molecule has 0 saturated carbocycles. The summed E-state index contributed by atoms with van der Waals surface area (Å²) < 4.78 is 22.3. The van der Waals surface area contributed by atoms with Crippen molar-refractivity contribution in [2.75, 3.05) is 13.2 Å². The molecule has 64 heavy (non-hydrogen) atoms. The molecule has 1 atom stereocenters. The van der Waals surface area contributed by atoms with E-state index >= 15 is 0 Å². The number of carbonyl (C=O) groups excluding carboxylic acids is 3. The van der Waals surface area contributed by atoms with E-state index < -0.39 is 11.1 Å². The van der Waals surface area contributed by atoms with Crippen molar-refractivity contribution < 1.29 is 38.3 Å². The Kier molecular flexibility index (Phi) is 39.4. The van der Waals surface area contributed by atoms with Crippen molar-refractivity contribution in [2.24, 2.45) is 5.92 Å². The predicted octanol–water partition coefficient (Wildman–Crippen LogP) is 16.6. The Balaban J connectivity index is 2.43. The number of nitrogens with zero attached hydrogens (tertiary/aromatic N) is 1. The van der Waals surface area contributed by atoms with Crippen molar-refractivity contribution in [1.29, 1.82) is 0 Å². The summed E-state index contributed by atoms with van der Waals surface area (Å²) in [5, 5.41) is 11.0. The number of hydrogen-bond donors (Lipinski definition) is 0. The van der Waals surface area contributed by atoms with Crippen LogP contribution in [0.15, 0.2) is 48.6 Å². The van der Waals surface area contributed by atoms with E-state index in [2.05, 4.69) is 45.1 Å². The standard InChI is InChI=1S/C54H91NO9/c1-4-7-10-13-16-17-18-19-20-21-22-23-24-30-35-40-52(56)61-46-48(47-62-54(58)64-51-44-42-49(43-45-51)55(59)60)37-32-27-25-26-31-36-41-53(57)63-50(38-33-28-14-11-8-5-2)39-34-29-15-12-9-6-3/h16-17,19-20,42-45,48,50H,4-15,18,21-41,46-47H2,1-3H3/b17-16-,20-19-. The third-order valence-corrected chi connectivity index (χ3v) is 11.8. The molecule has 10 nitrogen and oxygen atoms in total. The second kappa shape index (κ2) is 43.2. The molecule has 0 bridgehead atoms. The molecule has 0 saturated heterocycles. The zero-order chi connectivity index (χ0) is 46.6. The minimum absolute atomic E-state index is 0.0314. The van der Waals surface area contributed by atoms with Crippen LogP contribution in [0.25, 0.3) is 0 Å². The normalized spacial score (nSPS) is 12.0. The van der Waals surface area contributed by atoms with Crippen LogP contribution in [0.5, 0.6) is 5.75 Å². The monoisotopic (exact) mass is 898 g/mol. The first-order valence-electron chi connectivity index (χ1n) is 26.0. The summed E-state index contributed by atoms with van der Waals surface area (Å²) in [6.07, 6.45) is 44.7. The highest BCUT2D eigenvalue weighted by molar-refractivity contribution is 5.69. The number of nitro groups is 1. The molecule has 0 amide bonds. The fourth-order valence-electron chi connectivity index (χ4n) is 7.75. The maximum Gasteiger partial charge on any atom is 0.513 e. The van der Waals surface area contributed by atoms with Gasteiger partial charge in [0, 0.05) is 30.9 Å². The Morgan fingerprint density at radius 1 is 0.531 bits per heavy atom. The Hall–Kier alpha value is -3.69. The molecule has 0 heterocycles. The molecule has 366 valence electrons. The molecular formula is C54H91NO9. The molecule has 0 N–H and O–H groups in total. The van der Waals surface area contributed by atoms with E-state index in [0.717, 1.165) is 109 Å². The first-order chi connectivity index (χ1) is 31.3. The molecule has 0 aliphatic rings. The van der Waals surface area contributed by atoms with Gasteiger partial charge in [0.2, 0.25) is 0 Å². The molecule has 1 aromatic rings. The zero-order valence-corrected chi connectivity index (χ0v) is 40.9. The van der Waals surface area contributed by atoms with Gasteiger partial charge in [0.05, 0.1) is 11.5 Å². The lowest BCUT2D eigenvalue weighted by molar-refractivity contribution is -0.384. The first-order valence-corrected chi connectivity index (χ1v) is 26.0. The van der Waals surface area contributed by atoms with Crippen molar-refractivity contribution in [2.45, 2.75) is 245 Å². The largest absolute Gasteiger partial charge is 0.513 e. The van der Waals surface area contributed by atoms with E-state index in [-0.39, 0.29) is 48.6 Å². The Morgan fingerprint density at radius 3 is 1.52 bits per heavy atom. The van der Waals surface area contributed by atoms with Gasteiger partial charge in [-0.15, -0.1) is 0 Å². The van der Waals surface area contributed by atoms with Gasteiger partial charge < -0.3 is 18.9 Å². The van der Waals surface area contributed by atoms with Gasteiger partial charge in [-0.25, -0.2) is 4.79 Å². The molecule has 0 aliphatic carbocycles. The number of esters is 2. The molecule has 0 spiro atoms. The number of allylic oxidation sites excluding steroid dienone is 4. The molecule has 1 rings (SSSR count). The van der Waals surface area contributed by atoms with Crippen molar-refractivity contribution >= 4 is 23.8 Å². The van der Waals surface area contributed by atoms with Crippen molar-refractivity contribution in [3.05, 3.63) is 58.7 Å². The molecule has 0 aliphatic heterocycles. The van der Waals surface area contributed by atoms with Crippen LogP contribution in [0, 0.1) is 16.0 Å². The van der Waals surface area contributed by atoms with Crippen molar-refractivity contribution in [1.82, 2.24) is 0 Å². The summed E-state index contributed by atoms with van der Waals surface area (Å²) in [5.74, 6) is -0.334. The van der Waals surface area contributed by atoms with Crippen LogP contribution in [0.3, 0.4) is 0 Å². The summed E-state index contributed by atoms with van der Waals surface area (Å²) >= 11 is 0. The topological polar surface area (TPSA) is 131 Å². The van der Waals surface area contributed by atoms with Gasteiger partial charge in [-0.1, -0.05) is 173 Å². The molecule has 1 unspecified atom stereocenters. The molecule has 0 radical (unpaired) electrons. The Bertz CT molecular complexity index is 1330. The summed E-state index contributed by atoms with van der Waals surface area (Å²) in [6, 6.07) is 5.21. The molecule has 10 heteroatoms. The summed E-state index contributed by atoms with van der Waals surface area (Å²) in [5.41, 5.74) is -0.105. The van der Waals surface area contributed by atoms with Crippen molar-refractivity contribution in [3.63, 3.8) is 0 Å². The van der Waals surface area contributed by atoms with E-state index in [1.807, 2.05) is 0 Å². The maximum absolute atomic E-state index is 12.8. The van der Waals surface area contributed by atoms with Crippen LogP contribution in [-0.2, 0) is 23.8 Å². The number of non-ortho nitro benzene ring substituents is 1. The van der Waals surface area contributed by atoms with E-state index in [4.69, 9.17) is 18.9 Å². The average Bonchev–Trinajstić information content (AvgIpc) is 3.28. The van der Waals surface area contributed by atoms with Crippen LogP contribution < -0.4 is 4.74 Å². The van der Waals surface area contributed by atoms with E-state index in [0.29, 0.717) is 19.3 Å². The molecule has 1 aromatic carbocycles. The molecule has 0 fully saturated rings. The van der Waals surface area contributed by atoms with E-state index in [9.17, 15) is 24.5 Å². The third-order valence-electron chi connectivity index (χ3n) is 11.8. The number of ether oxygens (including phenoxy) is 4. The fourth-order valence-corrected chi connectivity index (χ4v) is 7.75. The summed E-state index contributed by atoms with van der Waals surface area (Å²) in [7, 11) is 0. The van der Waals surface area contributed by atoms with Gasteiger partial charge in [0.15, 0.2) is 0 Å². The van der Waals surface area contributed by atoms with Gasteiger partial charge in [-0.2, -0.15) is 0 Å². The average molecular weight is 898 g/mol. The fraction of sp³-hybridized carbons (Fsp3) is 0.759. The Morgan fingerprint density at radius 2 is 0.969 bits per heavy atom. The lowest BCUT2D eigenvalue weighted by Crippen LogP contribution is -2.22. The number of unbranched alkanes of at least 4 members (excludes halogenated alkanes) is 23. The summed E-state index contributed by atoms with van der Waals surface area (Å²) in [6.45, 7) is 6.90. The van der Waals surface area contributed by atoms with Crippen LogP contribution in [0.4, 0.5) is 10.5 Å². The highest BCUT2D eigenvalue weighted by Crippen LogP contribution is 2.21. The van der Waals surface area contributed by atoms with Crippen LogP contribution >= 0.6 is 0 Å². The smallest absolute Gasteiger partial charge is 0.465 e. The van der Waals surface area contributed by atoms with Crippen molar-refractivity contribution in [3.8, 4) is 5.75 Å². The number of rotatable bonds is 44. The van der Waals surface area contributed by atoms with E-state index in [1.165, 1.54) is 114 Å². The predicted molar refractivity (Wildman–Crippen MR) is 262 cm³/mol. The van der Waals surface area contributed by atoms with Crippen LogP contribution in [-0.4, -0.2) is 42.3 Å². The van der Waals surface area contributed by atoms with Gasteiger partial charge in [-0.3, -0.25) is 19.7 Å². The first kappa shape index (κ1) is 58.3. The van der Waals surface area contributed by atoms with Gasteiger partial charge in [0.1, 0.15) is 18.5 Å². The number of nitro benzene ring substituents is 1. The highest BCUT2D eigenvalue weighted by atomic mass is 16.7. The number of carbonyl (C=O) groups is 3. The lowest BCUT2D eigenvalue weighted by Gasteiger charge is -2.18. The van der Waals surface area contributed by atoms with Crippen LogP contribution in [0.2, 0.25) is 0 Å². The van der Waals surface area contributed by atoms with E-state index in [1.54, 1.807) is 0 Å². The Labute approximate surface area is 389 Å². The molecular weight excluding hydrogens is 807 g/mol. The summed E-state index contributed by atoms with van der Waals surface area (Å²) in [4.78, 5) is 48.4. The van der Waals surface area contributed by atoms with Gasteiger partial charge in [0.25, 0.3) is 5.69 Å². The SMILES string of the molecule is CCCCC/C=C\C/C=C\CCCCCCCC(=O)OCC(CCCCCCCCC(=O)OC(CCCCCCCC)CCCCCCCC)COC(=O)Oc1ccc([N+](=O)[O-])cc1. The minimum Gasteiger partial charge on any atom is -0.465 e. The highest BCUT2D eigenvalue weighted by Gasteiger charge is 2.18. The van der Waals surface area contributed by atoms with Gasteiger partial charge >= 0.3 is 18.1 Å². The second-order valence-electron chi connectivity index (χ2n) is 17.8. The molecule has 0 aromatic heterocycles. The quantitative estimate of drug-likeness (QED) is 0.0119. The number of hydrogen-bond acceptors (Lipinski definition) is 9. The third kappa shape index (κ3) is 36.6. The van der Waals surface area contributed by atoms with Gasteiger partial charge in [-0.05, 0) is 89.2 Å². The second-order valence-corrected chi connectivity index (χ2v) is 17.8. The minimum atomic E-state index is -0.912. The lowest BCUT2D eigenvalue weighted by atomic mass is 10.0. The number of benzene rings is 1.